The number of methoxy groups -OCH3 is 1. The fraction of sp³-hybridized carbons (Fsp3) is 0.909. The van der Waals surface area contributed by atoms with E-state index in [-0.39, 0.29) is 30.8 Å². The van der Waals surface area contributed by atoms with E-state index in [2.05, 4.69) is 4.74 Å². The number of carbonyl (C=O) groups excluding carboxylic acids is 1. The average molecular weight is 279 g/mol. The van der Waals surface area contributed by atoms with Crippen LogP contribution in [0.2, 0.25) is 0 Å². The second-order valence-electron chi connectivity index (χ2n) is 4.23. The highest BCUT2D eigenvalue weighted by Gasteiger charge is 2.32. The van der Waals surface area contributed by atoms with Crippen molar-refractivity contribution in [3.63, 3.8) is 0 Å². The SMILES string of the molecule is CCOCCS(=O)(=O)N1CCCC(C(=O)OC)C1. The molecule has 1 fully saturated rings. The molecule has 0 bridgehead atoms. The van der Waals surface area contributed by atoms with Crippen molar-refractivity contribution in [2.24, 2.45) is 5.92 Å². The third kappa shape index (κ3) is 4.22. The van der Waals surface area contributed by atoms with Gasteiger partial charge in [-0.1, -0.05) is 0 Å². The molecule has 0 aromatic heterocycles. The normalized spacial score (nSPS) is 21.8. The van der Waals surface area contributed by atoms with Gasteiger partial charge in [-0.2, -0.15) is 0 Å². The molecule has 0 aromatic carbocycles. The van der Waals surface area contributed by atoms with Gasteiger partial charge in [-0.15, -0.1) is 0 Å². The molecule has 1 heterocycles. The van der Waals surface area contributed by atoms with Crippen molar-refractivity contribution in [2.45, 2.75) is 19.8 Å². The van der Waals surface area contributed by atoms with Gasteiger partial charge >= 0.3 is 5.97 Å². The highest BCUT2D eigenvalue weighted by Crippen LogP contribution is 2.20. The van der Waals surface area contributed by atoms with E-state index in [1.807, 2.05) is 6.92 Å². The Hall–Kier alpha value is -0.660. The third-order valence-corrected chi connectivity index (χ3v) is 4.80. The summed E-state index contributed by atoms with van der Waals surface area (Å²) >= 11 is 0. The molecule has 1 aliphatic rings. The minimum Gasteiger partial charge on any atom is -0.469 e. The van der Waals surface area contributed by atoms with Crippen molar-refractivity contribution < 1.29 is 22.7 Å². The zero-order valence-electron chi connectivity index (χ0n) is 10.9. The molecule has 6 nitrogen and oxygen atoms in total. The molecule has 1 atom stereocenters. The highest BCUT2D eigenvalue weighted by atomic mass is 32.2. The van der Waals surface area contributed by atoms with Crippen molar-refractivity contribution in [1.82, 2.24) is 4.31 Å². The minimum atomic E-state index is -3.33. The smallest absolute Gasteiger partial charge is 0.309 e. The van der Waals surface area contributed by atoms with E-state index >= 15 is 0 Å². The van der Waals surface area contributed by atoms with Crippen LogP contribution in [0.4, 0.5) is 0 Å². The molecule has 7 heteroatoms. The van der Waals surface area contributed by atoms with Crippen LogP contribution in [0.1, 0.15) is 19.8 Å². The Balaban J connectivity index is 2.57. The topological polar surface area (TPSA) is 72.9 Å². The Labute approximate surface area is 108 Å². The molecule has 1 aliphatic heterocycles. The summed E-state index contributed by atoms with van der Waals surface area (Å²) in [6.45, 7) is 3.21. The molecule has 0 radical (unpaired) electrons. The third-order valence-electron chi connectivity index (χ3n) is 3.00. The van der Waals surface area contributed by atoms with Crippen LogP contribution < -0.4 is 0 Å². The first-order chi connectivity index (χ1) is 8.51. The number of nitrogens with zero attached hydrogens (tertiary/aromatic N) is 1. The number of esters is 1. The number of hydrogen-bond acceptors (Lipinski definition) is 5. The zero-order valence-corrected chi connectivity index (χ0v) is 11.7. The van der Waals surface area contributed by atoms with Crippen LogP contribution in [0.3, 0.4) is 0 Å². The van der Waals surface area contributed by atoms with Crippen LogP contribution in [0, 0.1) is 5.92 Å². The molecule has 18 heavy (non-hydrogen) atoms. The first-order valence-electron chi connectivity index (χ1n) is 6.14. The van der Waals surface area contributed by atoms with Crippen molar-refractivity contribution in [1.29, 1.82) is 0 Å². The van der Waals surface area contributed by atoms with Crippen LogP contribution in [-0.2, 0) is 24.3 Å². The molecule has 0 saturated carbocycles. The van der Waals surface area contributed by atoms with Crippen molar-refractivity contribution in [3.8, 4) is 0 Å². The number of carbonyl (C=O) groups is 1. The summed E-state index contributed by atoms with van der Waals surface area (Å²) in [6, 6.07) is 0. The molecule has 0 aromatic rings. The Bertz CT molecular complexity index is 368. The Morgan fingerprint density at radius 3 is 2.78 bits per heavy atom. The fourth-order valence-electron chi connectivity index (χ4n) is 1.99. The van der Waals surface area contributed by atoms with Crippen molar-refractivity contribution in [2.75, 3.05) is 39.2 Å². The predicted octanol–water partition coefficient (Wildman–Crippen LogP) is 0.238. The van der Waals surface area contributed by atoms with Gasteiger partial charge in [-0.25, -0.2) is 12.7 Å². The molecular weight excluding hydrogens is 258 g/mol. The van der Waals surface area contributed by atoms with E-state index in [0.717, 1.165) is 0 Å². The second-order valence-corrected chi connectivity index (χ2v) is 6.32. The van der Waals surface area contributed by atoms with Gasteiger partial charge in [-0.05, 0) is 19.8 Å². The lowest BCUT2D eigenvalue weighted by molar-refractivity contribution is -0.146. The Morgan fingerprint density at radius 1 is 1.44 bits per heavy atom. The minimum absolute atomic E-state index is 0.0330. The Kier molecular flexibility index (Phi) is 6.04. The van der Waals surface area contributed by atoms with Crippen LogP contribution in [0.25, 0.3) is 0 Å². The summed E-state index contributed by atoms with van der Waals surface area (Å²) in [7, 11) is -2.01. The summed E-state index contributed by atoms with van der Waals surface area (Å²) in [5.41, 5.74) is 0. The quantitative estimate of drug-likeness (QED) is 0.514. The monoisotopic (exact) mass is 279 g/mol. The summed E-state index contributed by atoms with van der Waals surface area (Å²) in [4.78, 5) is 11.4. The van der Waals surface area contributed by atoms with Crippen LogP contribution in [0.15, 0.2) is 0 Å². The number of piperidine rings is 1. The summed E-state index contributed by atoms with van der Waals surface area (Å²) in [6.07, 6.45) is 1.37. The van der Waals surface area contributed by atoms with Gasteiger partial charge in [0.15, 0.2) is 0 Å². The van der Waals surface area contributed by atoms with E-state index in [4.69, 9.17) is 4.74 Å². The molecule has 1 rings (SSSR count). The maximum absolute atomic E-state index is 12.0. The van der Waals surface area contributed by atoms with Crippen LogP contribution in [0.5, 0.6) is 0 Å². The lowest BCUT2D eigenvalue weighted by Gasteiger charge is -2.30. The van der Waals surface area contributed by atoms with Gasteiger partial charge in [0.2, 0.25) is 10.0 Å². The molecule has 0 spiro atoms. The van der Waals surface area contributed by atoms with Gasteiger partial charge in [0.1, 0.15) is 0 Å². The molecule has 0 amide bonds. The van der Waals surface area contributed by atoms with Crippen LogP contribution >= 0.6 is 0 Å². The molecule has 0 aliphatic carbocycles. The fourth-order valence-corrected chi connectivity index (χ4v) is 3.39. The zero-order chi connectivity index (χ0) is 13.6. The van der Waals surface area contributed by atoms with Gasteiger partial charge in [-0.3, -0.25) is 4.79 Å². The van der Waals surface area contributed by atoms with Crippen LogP contribution in [-0.4, -0.2) is 57.9 Å². The lowest BCUT2D eigenvalue weighted by Crippen LogP contribution is -2.44. The van der Waals surface area contributed by atoms with Crippen molar-refractivity contribution >= 4 is 16.0 Å². The van der Waals surface area contributed by atoms with Gasteiger partial charge in [0, 0.05) is 19.7 Å². The van der Waals surface area contributed by atoms with Gasteiger partial charge in [0.25, 0.3) is 0 Å². The molecular formula is C11H21NO5S. The molecule has 1 saturated heterocycles. The van der Waals surface area contributed by atoms with Gasteiger partial charge in [0.05, 0.1) is 25.4 Å². The highest BCUT2D eigenvalue weighted by molar-refractivity contribution is 7.89. The summed E-state index contributed by atoms with van der Waals surface area (Å²) in [5.74, 6) is -0.709. The van der Waals surface area contributed by atoms with E-state index < -0.39 is 10.0 Å². The maximum Gasteiger partial charge on any atom is 0.309 e. The van der Waals surface area contributed by atoms with E-state index in [1.165, 1.54) is 11.4 Å². The largest absolute Gasteiger partial charge is 0.469 e. The Morgan fingerprint density at radius 2 is 2.17 bits per heavy atom. The number of sulfonamides is 1. The average Bonchev–Trinajstić information content (AvgIpc) is 2.38. The van der Waals surface area contributed by atoms with E-state index in [1.54, 1.807) is 0 Å². The van der Waals surface area contributed by atoms with E-state index in [0.29, 0.717) is 26.0 Å². The summed E-state index contributed by atoms with van der Waals surface area (Å²) in [5, 5.41) is 0. The maximum atomic E-state index is 12.0. The molecule has 0 N–H and O–H groups in total. The standard InChI is InChI=1S/C11H21NO5S/c1-3-17-7-8-18(14,15)12-6-4-5-10(9-12)11(13)16-2/h10H,3-9H2,1-2H3. The second kappa shape index (κ2) is 7.06. The van der Waals surface area contributed by atoms with Crippen molar-refractivity contribution in [3.05, 3.63) is 0 Å². The lowest BCUT2D eigenvalue weighted by atomic mass is 10.0. The van der Waals surface area contributed by atoms with E-state index in [9.17, 15) is 13.2 Å². The first-order valence-corrected chi connectivity index (χ1v) is 7.75. The summed E-state index contributed by atoms with van der Waals surface area (Å²) < 4.78 is 35.1. The van der Waals surface area contributed by atoms with Gasteiger partial charge < -0.3 is 9.47 Å². The number of ether oxygens (including phenoxy) is 2. The molecule has 1 unspecified atom stereocenters. The predicted molar refractivity (Wildman–Crippen MR) is 66.6 cm³/mol. The number of hydrogen-bond donors (Lipinski definition) is 0. The number of rotatable bonds is 6. The first kappa shape index (κ1) is 15.4. The molecule has 106 valence electrons.